The summed E-state index contributed by atoms with van der Waals surface area (Å²) in [6.45, 7) is 3.29. The molecule has 0 spiro atoms. The van der Waals surface area contributed by atoms with Crippen molar-refractivity contribution in [3.05, 3.63) is 71.6 Å². The van der Waals surface area contributed by atoms with E-state index in [1.165, 1.54) is 0 Å². The molecule has 2 N–H and O–H groups in total. The molecule has 156 valence electrons. The number of benzene rings is 2. The van der Waals surface area contributed by atoms with Crippen molar-refractivity contribution in [1.82, 2.24) is 15.2 Å². The first-order valence-corrected chi connectivity index (χ1v) is 10.2. The molecule has 2 aromatic heterocycles. The van der Waals surface area contributed by atoms with E-state index < -0.39 is 17.5 Å². The van der Waals surface area contributed by atoms with E-state index in [0.29, 0.717) is 16.9 Å². The van der Waals surface area contributed by atoms with Crippen LogP contribution in [0.15, 0.2) is 59.1 Å². The average molecular weight is 415 g/mol. The largest absolute Gasteiger partial charge is 0.458 e. The Kier molecular flexibility index (Phi) is 4.22. The molecule has 0 saturated carbocycles. The van der Waals surface area contributed by atoms with Crippen LogP contribution < -0.4 is 5.32 Å². The highest BCUT2D eigenvalue weighted by Crippen LogP contribution is 2.33. The van der Waals surface area contributed by atoms with E-state index in [1.54, 1.807) is 25.3 Å². The van der Waals surface area contributed by atoms with Crippen LogP contribution in [0.1, 0.15) is 35.5 Å². The number of Topliss-reactive ketones (excluding diaryl/α,β-unsaturated/α-hetero) is 1. The molecule has 1 fully saturated rings. The number of nitrogens with zero attached hydrogens (tertiary/aromatic N) is 1. The van der Waals surface area contributed by atoms with Crippen molar-refractivity contribution >= 4 is 39.6 Å². The van der Waals surface area contributed by atoms with Crippen LogP contribution in [0.4, 0.5) is 4.79 Å². The van der Waals surface area contributed by atoms with Gasteiger partial charge in [0, 0.05) is 28.0 Å². The van der Waals surface area contributed by atoms with E-state index in [4.69, 9.17) is 4.42 Å². The number of ketones is 1. The maximum absolute atomic E-state index is 13.2. The number of imide groups is 1. The van der Waals surface area contributed by atoms with Gasteiger partial charge < -0.3 is 14.7 Å². The van der Waals surface area contributed by atoms with E-state index in [-0.39, 0.29) is 12.3 Å². The fourth-order valence-corrected chi connectivity index (χ4v) is 4.21. The fourth-order valence-electron chi connectivity index (χ4n) is 4.21. The lowest BCUT2D eigenvalue weighted by atomic mass is 9.98. The summed E-state index contributed by atoms with van der Waals surface area (Å²) in [5.41, 5.74) is 1.72. The number of hydrogen-bond acceptors (Lipinski definition) is 4. The molecule has 1 saturated heterocycles. The Morgan fingerprint density at radius 3 is 2.71 bits per heavy atom. The standard InChI is InChI=1S/C24H21N3O4/c1-3-14-8-6-9-16-17(12-25-21(14)16)18(28)13-27-22(29)24(2,26-23(27)30)20-11-15-7-4-5-10-19(15)31-20/h4-12,25H,3,13H2,1-2H3,(H,26,30). The molecule has 0 bridgehead atoms. The van der Waals surface area contributed by atoms with Gasteiger partial charge in [-0.2, -0.15) is 0 Å². The van der Waals surface area contributed by atoms with Crippen LogP contribution in [0.5, 0.6) is 0 Å². The second kappa shape index (κ2) is 6.84. The maximum Gasteiger partial charge on any atom is 0.325 e. The van der Waals surface area contributed by atoms with Crippen molar-refractivity contribution in [2.45, 2.75) is 25.8 Å². The molecule has 1 atom stereocenters. The number of H-pyrrole nitrogens is 1. The number of nitrogens with one attached hydrogen (secondary N) is 2. The van der Waals surface area contributed by atoms with Crippen molar-refractivity contribution in [2.24, 2.45) is 0 Å². The molecule has 7 nitrogen and oxygen atoms in total. The summed E-state index contributed by atoms with van der Waals surface area (Å²) < 4.78 is 5.83. The lowest BCUT2D eigenvalue weighted by molar-refractivity contribution is -0.131. The zero-order valence-electron chi connectivity index (χ0n) is 17.2. The second-order valence-corrected chi connectivity index (χ2v) is 7.91. The highest BCUT2D eigenvalue weighted by atomic mass is 16.3. The van der Waals surface area contributed by atoms with Crippen LogP contribution in [0, 0.1) is 0 Å². The molecule has 0 aliphatic carbocycles. The van der Waals surface area contributed by atoms with Crippen LogP contribution in [0.2, 0.25) is 0 Å². The summed E-state index contributed by atoms with van der Waals surface area (Å²) in [6.07, 6.45) is 2.47. The molecule has 1 unspecified atom stereocenters. The van der Waals surface area contributed by atoms with Gasteiger partial charge in [0.25, 0.3) is 5.91 Å². The molecule has 5 rings (SSSR count). The van der Waals surface area contributed by atoms with Crippen LogP contribution in [-0.4, -0.2) is 34.2 Å². The van der Waals surface area contributed by atoms with Gasteiger partial charge in [-0.3, -0.25) is 14.5 Å². The van der Waals surface area contributed by atoms with Gasteiger partial charge in [0.15, 0.2) is 11.3 Å². The third kappa shape index (κ3) is 2.84. The number of rotatable bonds is 5. The van der Waals surface area contributed by atoms with Gasteiger partial charge >= 0.3 is 6.03 Å². The Morgan fingerprint density at radius 2 is 1.94 bits per heavy atom. The molecule has 4 aromatic rings. The minimum Gasteiger partial charge on any atom is -0.458 e. The van der Waals surface area contributed by atoms with Gasteiger partial charge in [-0.15, -0.1) is 0 Å². The van der Waals surface area contributed by atoms with Crippen molar-refractivity contribution in [1.29, 1.82) is 0 Å². The SMILES string of the molecule is CCc1cccc2c(C(=O)CN3C(=O)NC(C)(c4cc5ccccc5o4)C3=O)c[nH]c12. The molecular formula is C24H21N3O4. The third-order valence-corrected chi connectivity index (χ3v) is 5.98. The van der Waals surface area contributed by atoms with E-state index in [9.17, 15) is 14.4 Å². The Balaban J connectivity index is 1.44. The number of para-hydroxylation sites is 2. The molecule has 3 heterocycles. The van der Waals surface area contributed by atoms with Gasteiger partial charge in [0.2, 0.25) is 0 Å². The summed E-state index contributed by atoms with van der Waals surface area (Å²) in [4.78, 5) is 43.0. The summed E-state index contributed by atoms with van der Waals surface area (Å²) in [5, 5.41) is 4.32. The number of urea groups is 1. The number of carbonyl (C=O) groups is 3. The van der Waals surface area contributed by atoms with Gasteiger partial charge in [-0.1, -0.05) is 43.3 Å². The Bertz CT molecular complexity index is 1330. The van der Waals surface area contributed by atoms with E-state index in [0.717, 1.165) is 33.2 Å². The van der Waals surface area contributed by atoms with Crippen molar-refractivity contribution < 1.29 is 18.8 Å². The lowest BCUT2D eigenvalue weighted by Crippen LogP contribution is -2.41. The molecule has 1 aliphatic rings. The molecular weight excluding hydrogens is 394 g/mol. The van der Waals surface area contributed by atoms with Gasteiger partial charge in [-0.25, -0.2) is 4.79 Å². The smallest absolute Gasteiger partial charge is 0.325 e. The predicted octanol–water partition coefficient (Wildman–Crippen LogP) is 4.13. The average Bonchev–Trinajstić information content (AvgIpc) is 3.45. The number of fused-ring (bicyclic) bond motifs is 2. The Hall–Kier alpha value is -3.87. The highest BCUT2D eigenvalue weighted by Gasteiger charge is 2.51. The van der Waals surface area contributed by atoms with E-state index in [2.05, 4.69) is 10.3 Å². The van der Waals surface area contributed by atoms with Gasteiger partial charge in [-0.05, 0) is 31.0 Å². The Labute approximate surface area is 178 Å². The summed E-state index contributed by atoms with van der Waals surface area (Å²) >= 11 is 0. The predicted molar refractivity (Wildman–Crippen MR) is 116 cm³/mol. The molecule has 1 aliphatic heterocycles. The summed E-state index contributed by atoms with van der Waals surface area (Å²) in [7, 11) is 0. The molecule has 0 radical (unpaired) electrons. The number of furan rings is 1. The Morgan fingerprint density at radius 1 is 1.13 bits per heavy atom. The number of carbonyl (C=O) groups excluding carboxylic acids is 3. The second-order valence-electron chi connectivity index (χ2n) is 7.91. The maximum atomic E-state index is 13.2. The molecule has 7 heteroatoms. The molecule has 31 heavy (non-hydrogen) atoms. The number of hydrogen-bond donors (Lipinski definition) is 2. The number of aromatic amines is 1. The van der Waals surface area contributed by atoms with Crippen molar-refractivity contribution in [3.63, 3.8) is 0 Å². The van der Waals surface area contributed by atoms with Crippen LogP contribution in [-0.2, 0) is 16.8 Å². The number of aryl methyl sites for hydroxylation is 1. The first-order valence-electron chi connectivity index (χ1n) is 10.2. The molecule has 3 amide bonds. The quantitative estimate of drug-likeness (QED) is 0.378. The number of aromatic nitrogens is 1. The lowest BCUT2D eigenvalue weighted by Gasteiger charge is -2.18. The number of amides is 3. The topological polar surface area (TPSA) is 95.4 Å². The minimum absolute atomic E-state index is 0.308. The molecule has 2 aromatic carbocycles. The summed E-state index contributed by atoms with van der Waals surface area (Å²) in [6, 6.07) is 14.3. The van der Waals surface area contributed by atoms with E-state index >= 15 is 0 Å². The van der Waals surface area contributed by atoms with Crippen molar-refractivity contribution in [2.75, 3.05) is 6.54 Å². The third-order valence-electron chi connectivity index (χ3n) is 5.98. The normalized spacial score (nSPS) is 18.8. The van der Waals surface area contributed by atoms with Gasteiger partial charge in [0.05, 0.1) is 6.54 Å². The first-order chi connectivity index (χ1) is 14.9. The summed E-state index contributed by atoms with van der Waals surface area (Å²) in [5.74, 6) is -0.488. The minimum atomic E-state index is -1.37. The monoisotopic (exact) mass is 415 g/mol. The highest BCUT2D eigenvalue weighted by molar-refractivity contribution is 6.14. The van der Waals surface area contributed by atoms with Gasteiger partial charge in [0.1, 0.15) is 11.3 Å². The van der Waals surface area contributed by atoms with Crippen LogP contribution in [0.25, 0.3) is 21.9 Å². The van der Waals surface area contributed by atoms with Crippen molar-refractivity contribution in [3.8, 4) is 0 Å². The fraction of sp³-hybridized carbons (Fsp3) is 0.208. The van der Waals surface area contributed by atoms with E-state index in [1.807, 2.05) is 43.3 Å². The zero-order chi connectivity index (χ0) is 21.8. The van der Waals surface area contributed by atoms with Crippen LogP contribution >= 0.6 is 0 Å². The first kappa shape index (κ1) is 19.1. The zero-order valence-corrected chi connectivity index (χ0v) is 17.2. The van der Waals surface area contributed by atoms with Crippen LogP contribution in [0.3, 0.4) is 0 Å².